The van der Waals surface area contributed by atoms with Gasteiger partial charge in [-0.05, 0) is 24.7 Å². The van der Waals surface area contributed by atoms with Crippen molar-refractivity contribution in [3.05, 3.63) is 34.9 Å². The van der Waals surface area contributed by atoms with Crippen molar-refractivity contribution >= 4 is 11.6 Å². The lowest BCUT2D eigenvalue weighted by Crippen LogP contribution is -2.29. The van der Waals surface area contributed by atoms with Gasteiger partial charge < -0.3 is 15.5 Å². The Morgan fingerprint density at radius 3 is 2.71 bits per heavy atom. The van der Waals surface area contributed by atoms with Gasteiger partial charge >= 0.3 is 0 Å². The van der Waals surface area contributed by atoms with Crippen molar-refractivity contribution in [1.82, 2.24) is 5.32 Å². The van der Waals surface area contributed by atoms with E-state index >= 15 is 0 Å². The van der Waals surface area contributed by atoms with E-state index in [1.807, 2.05) is 0 Å². The first-order chi connectivity index (χ1) is 6.65. The second kappa shape index (κ2) is 5.32. The predicted molar refractivity (Wildman–Crippen MR) is 56.3 cm³/mol. The Morgan fingerprint density at radius 2 is 2.14 bits per heavy atom. The van der Waals surface area contributed by atoms with Crippen LogP contribution in [0.4, 0.5) is 0 Å². The standard InChI is InChI=1S/C10H14ClNO2/c1-12-6-9(13)10(14)7-3-2-4-8(11)5-7/h2-5,9-10,12-14H,6H2,1H3. The maximum Gasteiger partial charge on any atom is 0.106 e. The molecule has 0 saturated carbocycles. The third-order valence-corrected chi connectivity index (χ3v) is 2.20. The molecule has 0 spiro atoms. The molecule has 1 aromatic rings. The molecule has 3 nitrogen and oxygen atoms in total. The molecule has 0 aliphatic heterocycles. The van der Waals surface area contributed by atoms with Crippen LogP contribution in [0.25, 0.3) is 0 Å². The van der Waals surface area contributed by atoms with E-state index in [2.05, 4.69) is 5.32 Å². The zero-order chi connectivity index (χ0) is 10.6. The molecule has 4 heteroatoms. The van der Waals surface area contributed by atoms with Gasteiger partial charge in [0.05, 0.1) is 6.10 Å². The minimum atomic E-state index is -0.902. The number of rotatable bonds is 4. The first-order valence-corrected chi connectivity index (χ1v) is 4.79. The Morgan fingerprint density at radius 1 is 1.43 bits per heavy atom. The highest BCUT2D eigenvalue weighted by molar-refractivity contribution is 6.30. The zero-order valence-electron chi connectivity index (χ0n) is 7.94. The van der Waals surface area contributed by atoms with Crippen molar-refractivity contribution < 1.29 is 10.2 Å². The van der Waals surface area contributed by atoms with Crippen LogP contribution in [0.5, 0.6) is 0 Å². The average molecular weight is 216 g/mol. The van der Waals surface area contributed by atoms with Crippen molar-refractivity contribution in [3.63, 3.8) is 0 Å². The number of hydrogen-bond acceptors (Lipinski definition) is 3. The van der Waals surface area contributed by atoms with Gasteiger partial charge in [0.1, 0.15) is 6.10 Å². The summed E-state index contributed by atoms with van der Waals surface area (Å²) in [6.45, 7) is 0.341. The molecular weight excluding hydrogens is 202 g/mol. The summed E-state index contributed by atoms with van der Waals surface area (Å²) in [6.07, 6.45) is -1.72. The summed E-state index contributed by atoms with van der Waals surface area (Å²) in [5, 5.41) is 22.5. The van der Waals surface area contributed by atoms with Crippen LogP contribution in [0.1, 0.15) is 11.7 Å². The molecule has 2 atom stereocenters. The van der Waals surface area contributed by atoms with Crippen molar-refractivity contribution in [2.45, 2.75) is 12.2 Å². The molecule has 0 fully saturated rings. The Hall–Kier alpha value is -0.610. The van der Waals surface area contributed by atoms with Crippen LogP contribution in [-0.2, 0) is 0 Å². The van der Waals surface area contributed by atoms with E-state index in [0.717, 1.165) is 0 Å². The summed E-state index contributed by atoms with van der Waals surface area (Å²) in [5.74, 6) is 0. The van der Waals surface area contributed by atoms with Crippen molar-refractivity contribution in [2.75, 3.05) is 13.6 Å². The fourth-order valence-electron chi connectivity index (χ4n) is 1.23. The van der Waals surface area contributed by atoms with Crippen molar-refractivity contribution in [3.8, 4) is 0 Å². The predicted octanol–water partition coefficient (Wildman–Crippen LogP) is 0.954. The van der Waals surface area contributed by atoms with E-state index in [1.54, 1.807) is 31.3 Å². The van der Waals surface area contributed by atoms with Crippen LogP contribution in [0.3, 0.4) is 0 Å². The molecule has 0 radical (unpaired) electrons. The second-order valence-corrected chi connectivity index (χ2v) is 3.56. The highest BCUT2D eigenvalue weighted by Gasteiger charge is 2.17. The lowest BCUT2D eigenvalue weighted by atomic mass is 10.0. The zero-order valence-corrected chi connectivity index (χ0v) is 8.70. The lowest BCUT2D eigenvalue weighted by molar-refractivity contribution is 0.0202. The number of aliphatic hydroxyl groups is 2. The monoisotopic (exact) mass is 215 g/mol. The SMILES string of the molecule is CNCC(O)C(O)c1cccc(Cl)c1. The van der Waals surface area contributed by atoms with E-state index in [0.29, 0.717) is 17.1 Å². The minimum absolute atomic E-state index is 0.341. The van der Waals surface area contributed by atoms with E-state index in [9.17, 15) is 10.2 Å². The van der Waals surface area contributed by atoms with Gasteiger partial charge in [0.15, 0.2) is 0 Å². The molecule has 14 heavy (non-hydrogen) atoms. The van der Waals surface area contributed by atoms with Gasteiger partial charge in [-0.15, -0.1) is 0 Å². The lowest BCUT2D eigenvalue weighted by Gasteiger charge is -2.17. The molecule has 78 valence electrons. The van der Waals surface area contributed by atoms with E-state index in [4.69, 9.17) is 11.6 Å². The Bertz CT molecular complexity index is 293. The molecule has 0 bridgehead atoms. The van der Waals surface area contributed by atoms with Crippen LogP contribution < -0.4 is 5.32 Å². The molecule has 0 heterocycles. The summed E-state index contributed by atoms with van der Waals surface area (Å²) in [4.78, 5) is 0. The van der Waals surface area contributed by atoms with Crippen LogP contribution in [-0.4, -0.2) is 29.9 Å². The fraction of sp³-hybridized carbons (Fsp3) is 0.400. The van der Waals surface area contributed by atoms with E-state index < -0.39 is 12.2 Å². The minimum Gasteiger partial charge on any atom is -0.389 e. The molecule has 0 aliphatic rings. The first-order valence-electron chi connectivity index (χ1n) is 4.41. The number of hydrogen-bond donors (Lipinski definition) is 3. The van der Waals surface area contributed by atoms with Gasteiger partial charge in [-0.3, -0.25) is 0 Å². The van der Waals surface area contributed by atoms with Crippen LogP contribution >= 0.6 is 11.6 Å². The van der Waals surface area contributed by atoms with Gasteiger partial charge in [-0.2, -0.15) is 0 Å². The molecule has 1 rings (SSSR count). The molecular formula is C10H14ClNO2. The largest absolute Gasteiger partial charge is 0.389 e. The molecule has 3 N–H and O–H groups in total. The Kier molecular flexibility index (Phi) is 4.35. The number of halogens is 1. The number of nitrogens with one attached hydrogen (secondary N) is 1. The molecule has 2 unspecified atom stereocenters. The van der Waals surface area contributed by atoms with Crippen LogP contribution in [0.15, 0.2) is 24.3 Å². The third-order valence-electron chi connectivity index (χ3n) is 1.97. The maximum absolute atomic E-state index is 9.70. The van der Waals surface area contributed by atoms with Gasteiger partial charge in [-0.1, -0.05) is 23.7 Å². The highest BCUT2D eigenvalue weighted by Crippen LogP contribution is 2.20. The molecule has 1 aromatic carbocycles. The maximum atomic E-state index is 9.70. The first kappa shape index (κ1) is 11.5. The van der Waals surface area contributed by atoms with E-state index in [-0.39, 0.29) is 0 Å². The summed E-state index contributed by atoms with van der Waals surface area (Å²) in [7, 11) is 1.72. The summed E-state index contributed by atoms with van der Waals surface area (Å²) in [5.41, 5.74) is 0.625. The quantitative estimate of drug-likeness (QED) is 0.701. The summed E-state index contributed by atoms with van der Waals surface area (Å²) < 4.78 is 0. The molecule has 0 aromatic heterocycles. The van der Waals surface area contributed by atoms with Crippen molar-refractivity contribution in [1.29, 1.82) is 0 Å². The van der Waals surface area contributed by atoms with Gasteiger partial charge in [0.25, 0.3) is 0 Å². The topological polar surface area (TPSA) is 52.5 Å². The third kappa shape index (κ3) is 2.96. The molecule has 0 saturated heterocycles. The smallest absolute Gasteiger partial charge is 0.106 e. The van der Waals surface area contributed by atoms with E-state index in [1.165, 1.54) is 0 Å². The van der Waals surface area contributed by atoms with Crippen LogP contribution in [0, 0.1) is 0 Å². The summed E-state index contributed by atoms with van der Waals surface area (Å²) >= 11 is 5.76. The molecule has 0 amide bonds. The van der Waals surface area contributed by atoms with Crippen LogP contribution in [0.2, 0.25) is 5.02 Å². The second-order valence-electron chi connectivity index (χ2n) is 3.12. The summed E-state index contributed by atoms with van der Waals surface area (Å²) in [6, 6.07) is 6.84. The average Bonchev–Trinajstić information content (AvgIpc) is 2.17. The van der Waals surface area contributed by atoms with Gasteiger partial charge in [0, 0.05) is 11.6 Å². The highest BCUT2D eigenvalue weighted by atomic mass is 35.5. The number of aliphatic hydroxyl groups excluding tert-OH is 2. The van der Waals surface area contributed by atoms with Crippen molar-refractivity contribution in [2.24, 2.45) is 0 Å². The Balaban J connectivity index is 2.73. The van der Waals surface area contributed by atoms with Gasteiger partial charge in [-0.25, -0.2) is 0 Å². The number of likely N-dealkylation sites (N-methyl/N-ethyl adjacent to an activating group) is 1. The normalized spacial score (nSPS) is 15.1. The van der Waals surface area contributed by atoms with Gasteiger partial charge in [0.2, 0.25) is 0 Å². The molecule has 0 aliphatic carbocycles. The Labute approximate surface area is 88.3 Å². The fourth-order valence-corrected chi connectivity index (χ4v) is 1.43. The number of benzene rings is 1.